The van der Waals surface area contributed by atoms with Crippen LogP contribution in [0.5, 0.6) is 0 Å². The van der Waals surface area contributed by atoms with Crippen LogP contribution in [0.2, 0.25) is 0 Å². The van der Waals surface area contributed by atoms with Gasteiger partial charge in [0.15, 0.2) is 5.82 Å². The molecule has 0 aliphatic heterocycles. The van der Waals surface area contributed by atoms with Gasteiger partial charge < -0.3 is 5.32 Å². The number of halogens is 2. The monoisotopic (exact) mass is 322 g/mol. The molecule has 1 unspecified atom stereocenters. The van der Waals surface area contributed by atoms with E-state index < -0.39 is 11.7 Å². The third kappa shape index (κ3) is 3.38. The molecule has 1 amide bonds. The van der Waals surface area contributed by atoms with Gasteiger partial charge >= 0.3 is 0 Å². The number of amides is 1. The molecule has 1 aromatic carbocycles. The number of nitrogens with zero attached hydrogens (tertiary/aromatic N) is 1. The summed E-state index contributed by atoms with van der Waals surface area (Å²) in [7, 11) is 0. The van der Waals surface area contributed by atoms with Gasteiger partial charge in [-0.3, -0.25) is 9.78 Å². The van der Waals surface area contributed by atoms with Crippen molar-refractivity contribution in [3.8, 4) is 0 Å². The van der Waals surface area contributed by atoms with E-state index in [1.165, 1.54) is 12.3 Å². The third-order valence-corrected chi connectivity index (χ3v) is 3.21. The Labute approximate surface area is 119 Å². The number of pyridine rings is 1. The Morgan fingerprint density at radius 2 is 2.21 bits per heavy atom. The van der Waals surface area contributed by atoms with Crippen molar-refractivity contribution >= 4 is 21.8 Å². The predicted molar refractivity (Wildman–Crippen MR) is 74.2 cm³/mol. The summed E-state index contributed by atoms with van der Waals surface area (Å²) in [4.78, 5) is 15.6. The van der Waals surface area contributed by atoms with Crippen LogP contribution in [0.15, 0.2) is 47.2 Å². The Balaban J connectivity index is 2.13. The first-order valence-electron chi connectivity index (χ1n) is 5.74. The molecule has 1 atom stereocenters. The topological polar surface area (TPSA) is 42.0 Å². The first kappa shape index (κ1) is 13.7. The van der Waals surface area contributed by atoms with E-state index in [0.717, 1.165) is 16.2 Å². The van der Waals surface area contributed by atoms with Gasteiger partial charge in [0.25, 0.3) is 5.91 Å². The zero-order chi connectivity index (χ0) is 13.8. The molecule has 0 spiro atoms. The van der Waals surface area contributed by atoms with Gasteiger partial charge in [-0.05, 0) is 30.7 Å². The van der Waals surface area contributed by atoms with Crippen LogP contribution in [0.25, 0.3) is 0 Å². The predicted octanol–water partition coefficient (Wildman–Crippen LogP) is 3.47. The molecule has 98 valence electrons. The Bertz CT molecular complexity index is 604. The van der Waals surface area contributed by atoms with Crippen LogP contribution in [0.1, 0.15) is 28.9 Å². The molecule has 1 aromatic heterocycles. The van der Waals surface area contributed by atoms with Crippen molar-refractivity contribution in [1.29, 1.82) is 0 Å². The normalized spacial score (nSPS) is 11.9. The van der Waals surface area contributed by atoms with Crippen LogP contribution in [0.3, 0.4) is 0 Å². The van der Waals surface area contributed by atoms with Crippen LogP contribution in [0, 0.1) is 5.82 Å². The van der Waals surface area contributed by atoms with E-state index >= 15 is 0 Å². The minimum Gasteiger partial charge on any atom is -0.345 e. The summed E-state index contributed by atoms with van der Waals surface area (Å²) < 4.78 is 14.4. The highest BCUT2D eigenvalue weighted by molar-refractivity contribution is 9.10. The van der Waals surface area contributed by atoms with Crippen LogP contribution >= 0.6 is 15.9 Å². The van der Waals surface area contributed by atoms with Gasteiger partial charge in [0.05, 0.1) is 17.8 Å². The minimum absolute atomic E-state index is 0.00292. The van der Waals surface area contributed by atoms with E-state index in [9.17, 15) is 9.18 Å². The second kappa shape index (κ2) is 5.93. The zero-order valence-electron chi connectivity index (χ0n) is 10.2. The Hall–Kier alpha value is -1.75. The fourth-order valence-electron chi connectivity index (χ4n) is 1.69. The van der Waals surface area contributed by atoms with Gasteiger partial charge in [0.2, 0.25) is 0 Å². The van der Waals surface area contributed by atoms with Gasteiger partial charge in [-0.2, -0.15) is 0 Å². The summed E-state index contributed by atoms with van der Waals surface area (Å²) in [6.45, 7) is 1.85. The molecule has 3 nitrogen and oxygen atoms in total. The van der Waals surface area contributed by atoms with Crippen molar-refractivity contribution in [1.82, 2.24) is 10.3 Å². The molecular weight excluding hydrogens is 311 g/mol. The van der Waals surface area contributed by atoms with Crippen molar-refractivity contribution in [3.63, 3.8) is 0 Å². The molecule has 5 heteroatoms. The molecule has 0 bridgehead atoms. The standard InChI is InChI=1S/C14H12BrFN2O/c1-9(10-3-2-4-11(15)7-10)18-14(19)12-5-6-17-8-13(12)16/h2-9H,1H3,(H,18,19). The molecule has 19 heavy (non-hydrogen) atoms. The summed E-state index contributed by atoms with van der Waals surface area (Å²) in [5.41, 5.74) is 0.939. The SMILES string of the molecule is CC(NC(=O)c1ccncc1F)c1cccc(Br)c1. The van der Waals surface area contributed by atoms with E-state index in [1.807, 2.05) is 31.2 Å². The maximum Gasteiger partial charge on any atom is 0.254 e. The summed E-state index contributed by atoms with van der Waals surface area (Å²) in [6.07, 6.45) is 2.42. The third-order valence-electron chi connectivity index (χ3n) is 2.71. The van der Waals surface area contributed by atoms with Crippen LogP contribution in [-0.2, 0) is 0 Å². The summed E-state index contributed by atoms with van der Waals surface area (Å²) in [5, 5.41) is 2.75. The quantitative estimate of drug-likeness (QED) is 0.940. The van der Waals surface area contributed by atoms with Crippen molar-refractivity contribution < 1.29 is 9.18 Å². The lowest BCUT2D eigenvalue weighted by Crippen LogP contribution is -2.27. The van der Waals surface area contributed by atoms with E-state index in [-0.39, 0.29) is 11.6 Å². The Morgan fingerprint density at radius 1 is 1.42 bits per heavy atom. The number of hydrogen-bond acceptors (Lipinski definition) is 2. The van der Waals surface area contributed by atoms with E-state index in [2.05, 4.69) is 26.2 Å². The highest BCUT2D eigenvalue weighted by atomic mass is 79.9. The number of benzene rings is 1. The molecule has 2 rings (SSSR count). The van der Waals surface area contributed by atoms with Gasteiger partial charge in [-0.25, -0.2) is 4.39 Å². The summed E-state index contributed by atoms with van der Waals surface area (Å²) >= 11 is 3.37. The molecule has 0 radical (unpaired) electrons. The zero-order valence-corrected chi connectivity index (χ0v) is 11.8. The number of nitrogens with one attached hydrogen (secondary N) is 1. The maximum atomic E-state index is 13.4. The lowest BCUT2D eigenvalue weighted by atomic mass is 10.1. The van der Waals surface area contributed by atoms with Gasteiger partial charge in [0, 0.05) is 10.7 Å². The van der Waals surface area contributed by atoms with Gasteiger partial charge in [-0.1, -0.05) is 28.1 Å². The van der Waals surface area contributed by atoms with Crippen LogP contribution < -0.4 is 5.32 Å². The molecular formula is C14H12BrFN2O. The highest BCUT2D eigenvalue weighted by Crippen LogP contribution is 2.18. The number of aromatic nitrogens is 1. The van der Waals surface area contributed by atoms with Crippen molar-refractivity contribution in [2.75, 3.05) is 0 Å². The molecule has 0 saturated carbocycles. The highest BCUT2D eigenvalue weighted by Gasteiger charge is 2.14. The molecule has 1 N–H and O–H groups in total. The van der Waals surface area contributed by atoms with Crippen molar-refractivity contribution in [3.05, 3.63) is 64.1 Å². The lowest BCUT2D eigenvalue weighted by molar-refractivity contribution is 0.0935. The minimum atomic E-state index is -0.624. The van der Waals surface area contributed by atoms with Crippen molar-refractivity contribution in [2.24, 2.45) is 0 Å². The molecule has 0 saturated heterocycles. The average molecular weight is 323 g/mol. The first-order valence-corrected chi connectivity index (χ1v) is 6.53. The number of rotatable bonds is 3. The first-order chi connectivity index (χ1) is 9.08. The number of carbonyl (C=O) groups excluding carboxylic acids is 1. The van der Waals surface area contributed by atoms with E-state index in [4.69, 9.17) is 0 Å². The molecule has 0 aliphatic rings. The van der Waals surface area contributed by atoms with Crippen LogP contribution in [-0.4, -0.2) is 10.9 Å². The summed E-state index contributed by atoms with van der Waals surface area (Å²) in [5.74, 6) is -1.08. The lowest BCUT2D eigenvalue weighted by Gasteiger charge is -2.14. The van der Waals surface area contributed by atoms with E-state index in [0.29, 0.717) is 0 Å². The molecule has 0 aliphatic carbocycles. The fourth-order valence-corrected chi connectivity index (χ4v) is 2.11. The second-order valence-corrected chi connectivity index (χ2v) is 5.02. The molecule has 0 fully saturated rings. The maximum absolute atomic E-state index is 13.4. The molecule has 2 aromatic rings. The number of hydrogen-bond donors (Lipinski definition) is 1. The largest absolute Gasteiger partial charge is 0.345 e. The van der Waals surface area contributed by atoms with E-state index in [1.54, 1.807) is 0 Å². The smallest absolute Gasteiger partial charge is 0.254 e. The molecule has 1 heterocycles. The average Bonchev–Trinajstić information content (AvgIpc) is 2.39. The van der Waals surface area contributed by atoms with Gasteiger partial charge in [0.1, 0.15) is 0 Å². The number of carbonyl (C=O) groups is 1. The van der Waals surface area contributed by atoms with Crippen LogP contribution in [0.4, 0.5) is 4.39 Å². The van der Waals surface area contributed by atoms with Crippen molar-refractivity contribution in [2.45, 2.75) is 13.0 Å². The second-order valence-electron chi connectivity index (χ2n) is 4.11. The fraction of sp³-hybridized carbons (Fsp3) is 0.143. The van der Waals surface area contributed by atoms with Gasteiger partial charge in [-0.15, -0.1) is 0 Å². The Kier molecular flexibility index (Phi) is 4.27. The Morgan fingerprint density at radius 3 is 2.89 bits per heavy atom. The summed E-state index contributed by atoms with van der Waals surface area (Å²) in [6, 6.07) is 8.75.